The predicted octanol–water partition coefficient (Wildman–Crippen LogP) is 1.98. The van der Waals surface area contributed by atoms with E-state index in [1.54, 1.807) is 6.92 Å². The van der Waals surface area contributed by atoms with E-state index in [1.165, 1.54) is 11.9 Å². The van der Waals surface area contributed by atoms with Crippen LogP contribution in [-0.2, 0) is 4.79 Å². The number of hydrogen-bond acceptors (Lipinski definition) is 4. The maximum Gasteiger partial charge on any atom is 0.426 e. The molecule has 0 radical (unpaired) electrons. The van der Waals surface area contributed by atoms with Crippen molar-refractivity contribution < 1.29 is 36.6 Å². The molecule has 1 saturated heterocycles. The Morgan fingerprint density at radius 1 is 1.32 bits per heavy atom. The van der Waals surface area contributed by atoms with Crippen molar-refractivity contribution in [2.75, 3.05) is 20.1 Å². The van der Waals surface area contributed by atoms with Crippen LogP contribution in [0.25, 0.3) is 0 Å². The third-order valence-electron chi connectivity index (χ3n) is 4.94. The van der Waals surface area contributed by atoms with Crippen molar-refractivity contribution in [2.45, 2.75) is 38.1 Å². The summed E-state index contributed by atoms with van der Waals surface area (Å²) in [7, 11) is 1.37. The lowest BCUT2D eigenvalue weighted by Gasteiger charge is -2.43. The van der Waals surface area contributed by atoms with Crippen LogP contribution in [0.1, 0.15) is 30.8 Å². The molecule has 1 fully saturated rings. The second-order valence-electron chi connectivity index (χ2n) is 7.05. The van der Waals surface area contributed by atoms with E-state index in [0.29, 0.717) is 19.2 Å². The number of nitrogens with zero attached hydrogens (tertiary/aromatic N) is 3. The molecule has 1 aromatic rings. The summed E-state index contributed by atoms with van der Waals surface area (Å²) >= 11 is 0. The maximum absolute atomic E-state index is 13.8. The number of carbonyl (C=O) groups is 2. The number of hydrogen-bond donors (Lipinski definition) is 1. The van der Waals surface area contributed by atoms with Gasteiger partial charge in [-0.1, -0.05) is 6.92 Å². The predicted molar refractivity (Wildman–Crippen MR) is 87.1 cm³/mol. The standard InChI is InChI=1S/C17H20F5N3O3/c1-9-8-25(15(27)16(2,28)17(20,21)22)5-4-12(9)24(3)14(26)13-11(19)6-10(18)7-23-13/h6-7,9,12,28H,4-5,8H2,1-3H3/t9?,12?,16-/m1/s1. The first-order chi connectivity index (χ1) is 12.8. The maximum atomic E-state index is 13.8. The van der Waals surface area contributed by atoms with Gasteiger partial charge in [-0.2, -0.15) is 13.2 Å². The quantitative estimate of drug-likeness (QED) is 0.775. The SMILES string of the molecule is CC1CN(C(=O)[C@@](C)(O)C(F)(F)F)CCC1N(C)C(=O)c1ncc(F)cc1F. The van der Waals surface area contributed by atoms with Crippen molar-refractivity contribution >= 4 is 11.8 Å². The van der Waals surface area contributed by atoms with Crippen molar-refractivity contribution in [3.63, 3.8) is 0 Å². The minimum absolute atomic E-state index is 0.117. The Balaban J connectivity index is 2.11. The van der Waals surface area contributed by atoms with E-state index in [2.05, 4.69) is 4.98 Å². The van der Waals surface area contributed by atoms with Gasteiger partial charge in [0.2, 0.25) is 5.60 Å². The number of aromatic nitrogens is 1. The van der Waals surface area contributed by atoms with Gasteiger partial charge >= 0.3 is 6.18 Å². The molecular weight excluding hydrogens is 389 g/mol. The van der Waals surface area contributed by atoms with Crippen LogP contribution < -0.4 is 0 Å². The number of likely N-dealkylation sites (tertiary alicyclic amines) is 1. The van der Waals surface area contributed by atoms with Crippen LogP contribution in [0.2, 0.25) is 0 Å². The van der Waals surface area contributed by atoms with E-state index in [0.717, 1.165) is 4.90 Å². The molecule has 2 amide bonds. The largest absolute Gasteiger partial charge is 0.426 e. The van der Waals surface area contributed by atoms with E-state index in [4.69, 9.17) is 0 Å². The fraction of sp³-hybridized carbons (Fsp3) is 0.588. The Kier molecular flexibility index (Phi) is 5.98. The van der Waals surface area contributed by atoms with Crippen LogP contribution in [0.5, 0.6) is 0 Å². The number of carbonyl (C=O) groups excluding carboxylic acids is 2. The highest BCUT2D eigenvalue weighted by Crippen LogP contribution is 2.33. The fourth-order valence-electron chi connectivity index (χ4n) is 3.21. The van der Waals surface area contributed by atoms with Crippen molar-refractivity contribution in [2.24, 2.45) is 5.92 Å². The lowest BCUT2D eigenvalue weighted by molar-refractivity contribution is -0.251. The molecule has 2 unspecified atom stereocenters. The number of piperidine rings is 1. The smallest absolute Gasteiger partial charge is 0.373 e. The molecule has 0 aromatic carbocycles. The number of alkyl halides is 3. The molecule has 28 heavy (non-hydrogen) atoms. The van der Waals surface area contributed by atoms with Gasteiger partial charge in [0.05, 0.1) is 6.20 Å². The number of rotatable bonds is 3. The van der Waals surface area contributed by atoms with Crippen LogP contribution in [0.4, 0.5) is 22.0 Å². The van der Waals surface area contributed by atoms with Crippen molar-refractivity contribution in [1.29, 1.82) is 0 Å². The first-order valence-electron chi connectivity index (χ1n) is 8.44. The summed E-state index contributed by atoms with van der Waals surface area (Å²) in [6, 6.07) is 0.0106. The zero-order valence-corrected chi connectivity index (χ0v) is 15.4. The first-order valence-corrected chi connectivity index (χ1v) is 8.44. The van der Waals surface area contributed by atoms with Crippen molar-refractivity contribution in [3.8, 4) is 0 Å². The molecule has 0 aliphatic carbocycles. The van der Waals surface area contributed by atoms with E-state index in [-0.39, 0.29) is 19.5 Å². The first kappa shape index (κ1) is 22.0. The molecule has 11 heteroatoms. The number of halogens is 5. The third kappa shape index (κ3) is 4.08. The molecule has 1 N–H and O–H groups in total. The summed E-state index contributed by atoms with van der Waals surface area (Å²) in [6.07, 6.45) is -4.30. The molecule has 2 heterocycles. The van der Waals surface area contributed by atoms with Gasteiger partial charge in [0.15, 0.2) is 11.5 Å². The number of amides is 2. The lowest BCUT2D eigenvalue weighted by atomic mass is 9.91. The average molecular weight is 409 g/mol. The van der Waals surface area contributed by atoms with E-state index < -0.39 is 52.9 Å². The fourth-order valence-corrected chi connectivity index (χ4v) is 3.21. The van der Waals surface area contributed by atoms with Crippen LogP contribution >= 0.6 is 0 Å². The van der Waals surface area contributed by atoms with Crippen LogP contribution in [0.3, 0.4) is 0 Å². The minimum atomic E-state index is -5.12. The van der Waals surface area contributed by atoms with Gasteiger partial charge < -0.3 is 14.9 Å². The molecule has 0 bridgehead atoms. The summed E-state index contributed by atoms with van der Waals surface area (Å²) in [5.41, 5.74) is -4.09. The molecular formula is C17H20F5N3O3. The average Bonchev–Trinajstić information content (AvgIpc) is 2.58. The molecule has 2 rings (SSSR count). The highest BCUT2D eigenvalue weighted by Gasteiger charge is 2.57. The van der Waals surface area contributed by atoms with Crippen LogP contribution in [0, 0.1) is 17.6 Å². The second kappa shape index (κ2) is 7.61. The van der Waals surface area contributed by atoms with Crippen molar-refractivity contribution in [1.82, 2.24) is 14.8 Å². The Labute approximate surface area is 157 Å². The van der Waals surface area contributed by atoms with Gasteiger partial charge in [-0.3, -0.25) is 9.59 Å². The topological polar surface area (TPSA) is 73.7 Å². The molecule has 6 nitrogen and oxygen atoms in total. The third-order valence-corrected chi connectivity index (χ3v) is 4.94. The van der Waals surface area contributed by atoms with Crippen molar-refractivity contribution in [3.05, 3.63) is 29.6 Å². The zero-order chi connectivity index (χ0) is 21.4. The van der Waals surface area contributed by atoms with Gasteiger partial charge in [-0.05, 0) is 19.3 Å². The molecule has 0 spiro atoms. The molecule has 1 aromatic heterocycles. The van der Waals surface area contributed by atoms with Gasteiger partial charge in [0.1, 0.15) is 5.82 Å². The van der Waals surface area contributed by atoms with Crippen LogP contribution in [0.15, 0.2) is 12.3 Å². The Hall–Kier alpha value is -2.30. The molecule has 1 aliphatic rings. The lowest BCUT2D eigenvalue weighted by Crippen LogP contribution is -2.60. The highest BCUT2D eigenvalue weighted by atomic mass is 19.4. The summed E-state index contributed by atoms with van der Waals surface area (Å²) in [5, 5.41) is 9.56. The van der Waals surface area contributed by atoms with Gasteiger partial charge in [-0.15, -0.1) is 0 Å². The van der Waals surface area contributed by atoms with Gasteiger partial charge in [-0.25, -0.2) is 13.8 Å². The summed E-state index contributed by atoms with van der Waals surface area (Å²) < 4.78 is 65.4. The summed E-state index contributed by atoms with van der Waals surface area (Å²) in [4.78, 5) is 30.1. The van der Waals surface area contributed by atoms with E-state index >= 15 is 0 Å². The zero-order valence-electron chi connectivity index (χ0n) is 15.4. The molecule has 0 saturated carbocycles. The van der Waals surface area contributed by atoms with E-state index in [1.807, 2.05) is 0 Å². The second-order valence-corrected chi connectivity index (χ2v) is 7.05. The van der Waals surface area contributed by atoms with Crippen LogP contribution in [-0.4, -0.2) is 69.7 Å². The Bertz CT molecular complexity index is 769. The Morgan fingerprint density at radius 2 is 1.93 bits per heavy atom. The van der Waals surface area contributed by atoms with E-state index in [9.17, 15) is 36.6 Å². The number of aliphatic hydroxyl groups is 1. The molecule has 156 valence electrons. The van der Waals surface area contributed by atoms with Gasteiger partial charge in [0.25, 0.3) is 11.8 Å². The monoisotopic (exact) mass is 409 g/mol. The minimum Gasteiger partial charge on any atom is -0.373 e. The Morgan fingerprint density at radius 3 is 2.43 bits per heavy atom. The highest BCUT2D eigenvalue weighted by molar-refractivity contribution is 5.92. The molecule has 1 aliphatic heterocycles. The van der Waals surface area contributed by atoms with Gasteiger partial charge in [0, 0.05) is 32.2 Å². The molecule has 3 atom stereocenters. The number of pyridine rings is 1. The summed E-state index contributed by atoms with van der Waals surface area (Å²) in [5.74, 6) is -4.80. The normalized spacial score (nSPS) is 22.5. The summed E-state index contributed by atoms with van der Waals surface area (Å²) in [6.45, 7) is 1.75.